The maximum atomic E-state index is 12.2. The fraction of sp³-hybridized carbons (Fsp3) is 0.692. The van der Waals surface area contributed by atoms with E-state index in [4.69, 9.17) is 19.9 Å². The Morgan fingerprint density at radius 2 is 1.82 bits per heavy atom. The number of aliphatic carboxylic acids is 1. The molecule has 8 nitrogen and oxygen atoms in total. The first-order valence-corrected chi connectivity index (χ1v) is 12.3. The maximum absolute atomic E-state index is 12.2. The number of para-hydroxylation sites is 1. The van der Waals surface area contributed by atoms with Gasteiger partial charge >= 0.3 is 12.1 Å². The van der Waals surface area contributed by atoms with Crippen LogP contribution < -0.4 is 15.8 Å². The molecule has 3 atom stereocenters. The van der Waals surface area contributed by atoms with E-state index in [1.807, 2.05) is 45.0 Å². The molecule has 8 heteroatoms. The SMILES string of the molecule is CCCC(NC(=O)OC(C)(C)C)C(N)COC1CCC(c2ccccc2OC(C)C(=O)O)CC1. The third kappa shape index (κ3) is 9.14. The van der Waals surface area contributed by atoms with Crippen LogP contribution in [0.4, 0.5) is 4.79 Å². The number of hydrogen-bond acceptors (Lipinski definition) is 6. The first-order chi connectivity index (χ1) is 16.0. The third-order valence-electron chi connectivity index (χ3n) is 6.03. The molecular formula is C26H42N2O6. The quantitative estimate of drug-likeness (QED) is 0.425. The number of rotatable bonds is 11. The number of carboxylic acids is 1. The van der Waals surface area contributed by atoms with Crippen molar-refractivity contribution < 1.29 is 28.9 Å². The molecule has 1 aromatic carbocycles. The van der Waals surface area contributed by atoms with Gasteiger partial charge in [-0.3, -0.25) is 0 Å². The maximum Gasteiger partial charge on any atom is 0.407 e. The molecule has 1 amide bonds. The van der Waals surface area contributed by atoms with Crippen LogP contribution in [0.15, 0.2) is 24.3 Å². The second-order valence-electron chi connectivity index (χ2n) is 10.1. The van der Waals surface area contributed by atoms with Gasteiger partial charge < -0.3 is 30.4 Å². The molecule has 0 aromatic heterocycles. The van der Waals surface area contributed by atoms with Crippen LogP contribution in [0.2, 0.25) is 0 Å². The number of nitrogens with two attached hydrogens (primary N) is 1. The fourth-order valence-electron chi connectivity index (χ4n) is 4.23. The largest absolute Gasteiger partial charge is 0.479 e. The molecule has 1 fully saturated rings. The molecular weight excluding hydrogens is 436 g/mol. The number of carboxylic acid groups (broad SMARTS) is 1. The van der Waals surface area contributed by atoms with Gasteiger partial charge in [-0.1, -0.05) is 31.5 Å². The Labute approximate surface area is 203 Å². The number of amides is 1. The van der Waals surface area contributed by atoms with Gasteiger partial charge in [-0.25, -0.2) is 9.59 Å². The van der Waals surface area contributed by atoms with Gasteiger partial charge in [-0.2, -0.15) is 0 Å². The highest BCUT2D eigenvalue weighted by molar-refractivity contribution is 5.72. The lowest BCUT2D eigenvalue weighted by molar-refractivity contribution is -0.144. The summed E-state index contributed by atoms with van der Waals surface area (Å²) in [5.41, 5.74) is 6.87. The van der Waals surface area contributed by atoms with Crippen molar-refractivity contribution in [2.45, 2.75) is 109 Å². The molecule has 0 saturated heterocycles. The molecule has 1 aliphatic carbocycles. The van der Waals surface area contributed by atoms with Crippen LogP contribution in [0.25, 0.3) is 0 Å². The highest BCUT2D eigenvalue weighted by atomic mass is 16.6. The van der Waals surface area contributed by atoms with E-state index in [9.17, 15) is 14.7 Å². The molecule has 2 rings (SSSR count). The molecule has 1 aromatic rings. The van der Waals surface area contributed by atoms with Crippen molar-refractivity contribution in [2.24, 2.45) is 5.73 Å². The molecule has 192 valence electrons. The summed E-state index contributed by atoms with van der Waals surface area (Å²) in [7, 11) is 0. The van der Waals surface area contributed by atoms with Gasteiger partial charge in [-0.15, -0.1) is 0 Å². The van der Waals surface area contributed by atoms with E-state index in [1.54, 1.807) is 0 Å². The Morgan fingerprint density at radius 1 is 1.18 bits per heavy atom. The van der Waals surface area contributed by atoms with Crippen LogP contribution in [-0.4, -0.2) is 53.7 Å². The van der Waals surface area contributed by atoms with E-state index in [2.05, 4.69) is 12.2 Å². The van der Waals surface area contributed by atoms with Crippen LogP contribution in [0.1, 0.15) is 84.6 Å². The highest BCUT2D eigenvalue weighted by Gasteiger charge is 2.28. The van der Waals surface area contributed by atoms with Gasteiger partial charge in [0.1, 0.15) is 11.4 Å². The van der Waals surface area contributed by atoms with Crippen molar-refractivity contribution in [3.05, 3.63) is 29.8 Å². The second kappa shape index (κ2) is 13.0. The highest BCUT2D eigenvalue weighted by Crippen LogP contribution is 2.38. The van der Waals surface area contributed by atoms with Gasteiger partial charge in [0.05, 0.1) is 12.7 Å². The van der Waals surface area contributed by atoms with Crippen molar-refractivity contribution in [1.82, 2.24) is 5.32 Å². The summed E-state index contributed by atoms with van der Waals surface area (Å²) in [6.07, 6.45) is 4.02. The van der Waals surface area contributed by atoms with Crippen LogP contribution in [0.3, 0.4) is 0 Å². The first-order valence-electron chi connectivity index (χ1n) is 12.3. The Balaban J connectivity index is 1.86. The van der Waals surface area contributed by atoms with Gasteiger partial charge in [0.15, 0.2) is 6.10 Å². The zero-order valence-electron chi connectivity index (χ0n) is 21.2. The first kappa shape index (κ1) is 27.9. The summed E-state index contributed by atoms with van der Waals surface area (Å²) < 4.78 is 17.2. The van der Waals surface area contributed by atoms with Crippen LogP contribution in [0, 0.1) is 0 Å². The fourth-order valence-corrected chi connectivity index (χ4v) is 4.23. The minimum Gasteiger partial charge on any atom is -0.479 e. The second-order valence-corrected chi connectivity index (χ2v) is 10.1. The predicted molar refractivity (Wildman–Crippen MR) is 131 cm³/mol. The Bertz CT molecular complexity index is 786. The van der Waals surface area contributed by atoms with E-state index < -0.39 is 23.8 Å². The van der Waals surface area contributed by atoms with Crippen molar-refractivity contribution >= 4 is 12.1 Å². The molecule has 0 bridgehead atoms. The molecule has 1 aliphatic rings. The average Bonchev–Trinajstić information content (AvgIpc) is 2.76. The van der Waals surface area contributed by atoms with E-state index >= 15 is 0 Å². The molecule has 4 N–H and O–H groups in total. The van der Waals surface area contributed by atoms with E-state index in [-0.39, 0.29) is 18.2 Å². The Kier molecular flexibility index (Phi) is 10.6. The zero-order chi connectivity index (χ0) is 25.3. The average molecular weight is 479 g/mol. The molecule has 3 unspecified atom stereocenters. The van der Waals surface area contributed by atoms with Crippen LogP contribution in [-0.2, 0) is 14.3 Å². The number of nitrogens with one attached hydrogen (secondary N) is 1. The Hall–Kier alpha value is -2.32. The van der Waals surface area contributed by atoms with E-state index in [0.29, 0.717) is 18.3 Å². The van der Waals surface area contributed by atoms with Crippen molar-refractivity contribution in [1.29, 1.82) is 0 Å². The minimum absolute atomic E-state index is 0.108. The zero-order valence-corrected chi connectivity index (χ0v) is 21.2. The molecule has 0 radical (unpaired) electrons. The predicted octanol–water partition coefficient (Wildman–Crippen LogP) is 4.60. The molecule has 1 saturated carbocycles. The van der Waals surface area contributed by atoms with Gasteiger partial charge in [0, 0.05) is 12.1 Å². The third-order valence-corrected chi connectivity index (χ3v) is 6.03. The smallest absolute Gasteiger partial charge is 0.407 e. The summed E-state index contributed by atoms with van der Waals surface area (Å²) >= 11 is 0. The van der Waals surface area contributed by atoms with E-state index in [1.165, 1.54) is 6.92 Å². The Morgan fingerprint density at radius 3 is 2.41 bits per heavy atom. The van der Waals surface area contributed by atoms with Gasteiger partial charge in [-0.05, 0) is 77.3 Å². The lowest BCUT2D eigenvalue weighted by Crippen LogP contribution is -2.51. The number of benzene rings is 1. The minimum atomic E-state index is -0.981. The number of alkyl carbamates (subject to hydrolysis) is 1. The summed E-state index contributed by atoms with van der Waals surface area (Å²) in [4.78, 5) is 23.4. The number of carbonyl (C=O) groups excluding carboxylic acids is 1. The summed E-state index contributed by atoms with van der Waals surface area (Å²) in [6.45, 7) is 9.45. The van der Waals surface area contributed by atoms with Crippen LogP contribution >= 0.6 is 0 Å². The van der Waals surface area contributed by atoms with Gasteiger partial charge in [0.25, 0.3) is 0 Å². The number of ether oxygens (including phenoxy) is 3. The summed E-state index contributed by atoms with van der Waals surface area (Å²) in [6, 6.07) is 7.14. The lowest BCUT2D eigenvalue weighted by Gasteiger charge is -2.32. The standard InChI is InChI=1S/C26H42N2O6/c1-6-9-22(28-25(31)34-26(3,4)5)21(27)16-32-19-14-12-18(13-15-19)20-10-7-8-11-23(20)33-17(2)24(29)30/h7-8,10-11,17-19,21-22H,6,9,12-16,27H2,1-5H3,(H,28,31)(H,29,30). The number of carbonyl (C=O) groups is 2. The monoisotopic (exact) mass is 478 g/mol. The molecule has 34 heavy (non-hydrogen) atoms. The summed E-state index contributed by atoms with van der Waals surface area (Å²) in [5, 5.41) is 12.1. The molecule has 0 heterocycles. The van der Waals surface area contributed by atoms with Crippen molar-refractivity contribution in [2.75, 3.05) is 6.61 Å². The van der Waals surface area contributed by atoms with Crippen molar-refractivity contribution in [3.63, 3.8) is 0 Å². The molecule has 0 aliphatic heterocycles. The van der Waals surface area contributed by atoms with Crippen LogP contribution in [0.5, 0.6) is 5.75 Å². The van der Waals surface area contributed by atoms with E-state index in [0.717, 1.165) is 44.1 Å². The summed E-state index contributed by atoms with van der Waals surface area (Å²) in [5.74, 6) is -0.0439. The topological polar surface area (TPSA) is 120 Å². The van der Waals surface area contributed by atoms with Gasteiger partial charge in [0.2, 0.25) is 0 Å². The molecule has 0 spiro atoms. The number of hydrogen-bond donors (Lipinski definition) is 3. The lowest BCUT2D eigenvalue weighted by atomic mass is 9.82. The van der Waals surface area contributed by atoms with Crippen molar-refractivity contribution in [3.8, 4) is 5.75 Å². The normalized spacial score (nSPS) is 21.2.